The fourth-order valence-corrected chi connectivity index (χ4v) is 2.23. The first-order valence-electron chi connectivity index (χ1n) is 8.87. The Kier molecular flexibility index (Phi) is 10.3. The Hall–Kier alpha value is -1.43. The van der Waals surface area contributed by atoms with Crippen LogP contribution in [0, 0.1) is 0 Å². The minimum absolute atomic E-state index is 0.0992. The molecule has 0 bridgehead atoms. The van der Waals surface area contributed by atoms with Gasteiger partial charge in [0.1, 0.15) is 18.5 Å². The Morgan fingerprint density at radius 2 is 2.04 bits per heavy atom. The number of benzene rings is 1. The Labute approximate surface area is 145 Å². The average Bonchev–Trinajstić information content (AvgIpc) is 2.60. The van der Waals surface area contributed by atoms with Crippen molar-refractivity contribution in [2.45, 2.75) is 52.7 Å². The zero-order valence-corrected chi connectivity index (χ0v) is 15.1. The molecule has 2 N–H and O–H groups in total. The summed E-state index contributed by atoms with van der Waals surface area (Å²) >= 11 is 0. The quantitative estimate of drug-likeness (QED) is 0.428. The summed E-state index contributed by atoms with van der Waals surface area (Å²) in [5, 5.41) is 13.1. The number of ether oxygens (including phenoxy) is 2. The standard InChI is InChI=1S/C19H31NO4/c1-4-9-20-12-17(21)14-24-19-8-7-15(18(22)6-3)11-16(19)13-23-10-5-2/h7-8,11,17,20-21H,4-6,9-10,12-14H2,1-3H3/t17-/m1/s1. The highest BCUT2D eigenvalue weighted by Crippen LogP contribution is 2.22. The van der Waals surface area contributed by atoms with E-state index in [1.54, 1.807) is 12.1 Å². The van der Waals surface area contributed by atoms with Crippen molar-refractivity contribution in [1.82, 2.24) is 5.32 Å². The molecule has 1 atom stereocenters. The van der Waals surface area contributed by atoms with Gasteiger partial charge in [0.15, 0.2) is 5.78 Å². The largest absolute Gasteiger partial charge is 0.490 e. The normalized spacial score (nSPS) is 12.2. The van der Waals surface area contributed by atoms with Crippen LogP contribution in [0.1, 0.15) is 56.0 Å². The zero-order valence-electron chi connectivity index (χ0n) is 15.1. The number of aliphatic hydroxyl groups is 1. The van der Waals surface area contributed by atoms with Crippen LogP contribution >= 0.6 is 0 Å². The predicted molar refractivity (Wildman–Crippen MR) is 95.7 cm³/mol. The average molecular weight is 337 g/mol. The molecule has 0 aliphatic heterocycles. The van der Waals surface area contributed by atoms with E-state index in [4.69, 9.17) is 9.47 Å². The highest BCUT2D eigenvalue weighted by atomic mass is 16.5. The molecular weight excluding hydrogens is 306 g/mol. The molecule has 1 aromatic rings. The molecule has 0 heterocycles. The van der Waals surface area contributed by atoms with Crippen LogP contribution in [0.3, 0.4) is 0 Å². The minimum Gasteiger partial charge on any atom is -0.490 e. The third kappa shape index (κ3) is 7.43. The lowest BCUT2D eigenvalue weighted by atomic mass is 10.1. The van der Waals surface area contributed by atoms with E-state index in [-0.39, 0.29) is 12.4 Å². The van der Waals surface area contributed by atoms with Gasteiger partial charge in [-0.3, -0.25) is 4.79 Å². The maximum atomic E-state index is 11.9. The van der Waals surface area contributed by atoms with E-state index in [0.717, 1.165) is 24.9 Å². The molecule has 1 aromatic carbocycles. The van der Waals surface area contributed by atoms with Crippen molar-refractivity contribution in [2.24, 2.45) is 0 Å². The second-order valence-corrected chi connectivity index (χ2v) is 5.82. The molecule has 5 nitrogen and oxygen atoms in total. The van der Waals surface area contributed by atoms with E-state index < -0.39 is 6.10 Å². The summed E-state index contributed by atoms with van der Waals surface area (Å²) in [6, 6.07) is 5.39. The maximum Gasteiger partial charge on any atom is 0.162 e. The van der Waals surface area contributed by atoms with Crippen molar-refractivity contribution in [3.05, 3.63) is 29.3 Å². The number of Topliss-reactive ketones (excluding diaryl/α,β-unsaturated/α-hetero) is 1. The molecule has 0 spiro atoms. The Bertz CT molecular complexity index is 490. The third-order valence-electron chi connectivity index (χ3n) is 3.55. The summed E-state index contributed by atoms with van der Waals surface area (Å²) in [5.41, 5.74) is 1.52. The predicted octanol–water partition coefficient (Wildman–Crippen LogP) is 2.95. The number of ketones is 1. The Balaban J connectivity index is 2.70. The van der Waals surface area contributed by atoms with E-state index >= 15 is 0 Å². The number of aliphatic hydroxyl groups excluding tert-OH is 1. The summed E-state index contributed by atoms with van der Waals surface area (Å²) in [5.74, 6) is 0.760. The van der Waals surface area contributed by atoms with E-state index in [1.807, 2.05) is 19.9 Å². The van der Waals surface area contributed by atoms with Gasteiger partial charge in [-0.05, 0) is 37.6 Å². The Morgan fingerprint density at radius 3 is 2.71 bits per heavy atom. The van der Waals surface area contributed by atoms with Gasteiger partial charge >= 0.3 is 0 Å². The number of nitrogens with one attached hydrogen (secondary N) is 1. The second-order valence-electron chi connectivity index (χ2n) is 5.82. The summed E-state index contributed by atoms with van der Waals surface area (Å²) < 4.78 is 11.3. The van der Waals surface area contributed by atoms with E-state index in [2.05, 4.69) is 12.2 Å². The Morgan fingerprint density at radius 1 is 1.25 bits per heavy atom. The van der Waals surface area contributed by atoms with Gasteiger partial charge in [0.05, 0.1) is 6.61 Å². The van der Waals surface area contributed by atoms with Crippen LogP contribution in [0.2, 0.25) is 0 Å². The minimum atomic E-state index is -0.571. The summed E-state index contributed by atoms with van der Waals surface area (Å²) in [6.07, 6.45) is 1.86. The van der Waals surface area contributed by atoms with Gasteiger partial charge < -0.3 is 19.9 Å². The summed E-state index contributed by atoms with van der Waals surface area (Å²) in [4.78, 5) is 11.9. The first kappa shape index (κ1) is 20.6. The van der Waals surface area contributed by atoms with Gasteiger partial charge in [-0.1, -0.05) is 20.8 Å². The molecule has 0 saturated heterocycles. The van der Waals surface area contributed by atoms with Crippen LogP contribution in [0.25, 0.3) is 0 Å². The molecule has 136 valence electrons. The first-order valence-corrected chi connectivity index (χ1v) is 8.87. The fourth-order valence-electron chi connectivity index (χ4n) is 2.23. The van der Waals surface area contributed by atoms with Crippen LogP contribution in [0.5, 0.6) is 5.75 Å². The van der Waals surface area contributed by atoms with Gasteiger partial charge in [-0.2, -0.15) is 0 Å². The molecule has 0 saturated carbocycles. The maximum absolute atomic E-state index is 11.9. The van der Waals surface area contributed by atoms with Gasteiger partial charge in [0.2, 0.25) is 0 Å². The highest BCUT2D eigenvalue weighted by Gasteiger charge is 2.12. The van der Waals surface area contributed by atoms with Crippen LogP contribution in [0.15, 0.2) is 18.2 Å². The lowest BCUT2D eigenvalue weighted by Crippen LogP contribution is -2.31. The zero-order chi connectivity index (χ0) is 17.8. The number of hydrogen-bond acceptors (Lipinski definition) is 5. The number of carbonyl (C=O) groups is 1. The van der Waals surface area contributed by atoms with Crippen molar-refractivity contribution in [1.29, 1.82) is 0 Å². The molecule has 0 aromatic heterocycles. The van der Waals surface area contributed by atoms with Crippen molar-refractivity contribution < 1.29 is 19.4 Å². The summed E-state index contributed by atoms with van der Waals surface area (Å²) in [7, 11) is 0. The third-order valence-corrected chi connectivity index (χ3v) is 3.55. The molecule has 0 fully saturated rings. The van der Waals surface area contributed by atoms with Crippen LogP contribution in [0.4, 0.5) is 0 Å². The first-order chi connectivity index (χ1) is 11.6. The molecule has 0 aliphatic carbocycles. The lowest BCUT2D eigenvalue weighted by molar-refractivity contribution is 0.0968. The lowest BCUT2D eigenvalue weighted by Gasteiger charge is -2.16. The van der Waals surface area contributed by atoms with Gasteiger partial charge in [0.25, 0.3) is 0 Å². The van der Waals surface area contributed by atoms with Gasteiger partial charge in [-0.25, -0.2) is 0 Å². The molecule has 0 unspecified atom stereocenters. The van der Waals surface area contributed by atoms with Crippen LogP contribution < -0.4 is 10.1 Å². The molecule has 24 heavy (non-hydrogen) atoms. The summed E-state index contributed by atoms with van der Waals surface area (Å²) in [6.45, 7) is 8.62. The SMILES string of the molecule is CCCNC[C@@H](O)COc1ccc(C(=O)CC)cc1COCCC. The molecule has 0 radical (unpaired) electrons. The van der Waals surface area contributed by atoms with Crippen molar-refractivity contribution in [3.63, 3.8) is 0 Å². The van der Waals surface area contributed by atoms with E-state index in [1.165, 1.54) is 0 Å². The van der Waals surface area contributed by atoms with E-state index in [9.17, 15) is 9.90 Å². The van der Waals surface area contributed by atoms with Crippen molar-refractivity contribution in [2.75, 3.05) is 26.3 Å². The number of rotatable bonds is 13. The smallest absolute Gasteiger partial charge is 0.162 e. The van der Waals surface area contributed by atoms with Gasteiger partial charge in [-0.15, -0.1) is 0 Å². The highest BCUT2D eigenvalue weighted by molar-refractivity contribution is 5.96. The van der Waals surface area contributed by atoms with Crippen LogP contribution in [-0.2, 0) is 11.3 Å². The number of carbonyl (C=O) groups excluding carboxylic acids is 1. The molecule has 0 aliphatic rings. The monoisotopic (exact) mass is 337 g/mol. The van der Waals surface area contributed by atoms with E-state index in [0.29, 0.717) is 37.5 Å². The second kappa shape index (κ2) is 12.0. The van der Waals surface area contributed by atoms with Gasteiger partial charge in [0, 0.05) is 30.7 Å². The number of hydrogen-bond donors (Lipinski definition) is 2. The molecule has 0 amide bonds. The molecule has 5 heteroatoms. The van der Waals surface area contributed by atoms with Crippen LogP contribution in [-0.4, -0.2) is 43.3 Å². The molecular formula is C19H31NO4. The topological polar surface area (TPSA) is 67.8 Å². The molecule has 1 rings (SSSR count). The van der Waals surface area contributed by atoms with Crippen molar-refractivity contribution >= 4 is 5.78 Å². The fraction of sp³-hybridized carbons (Fsp3) is 0.632. The van der Waals surface area contributed by atoms with Crippen molar-refractivity contribution in [3.8, 4) is 5.75 Å².